The lowest BCUT2D eigenvalue weighted by molar-refractivity contribution is 0.213. The summed E-state index contributed by atoms with van der Waals surface area (Å²) in [7, 11) is -3.14. The van der Waals surface area contributed by atoms with E-state index in [9.17, 15) is 8.42 Å². The lowest BCUT2D eigenvalue weighted by Crippen LogP contribution is -2.38. The lowest BCUT2D eigenvalue weighted by Gasteiger charge is -2.39. The number of nitrogens with zero attached hydrogens (tertiary/aromatic N) is 2. The van der Waals surface area contributed by atoms with Crippen LogP contribution in [0.1, 0.15) is 18.9 Å². The number of thiol groups is 1. The van der Waals surface area contributed by atoms with Crippen LogP contribution in [0.25, 0.3) is 0 Å². The first kappa shape index (κ1) is 24.6. The summed E-state index contributed by atoms with van der Waals surface area (Å²) < 4.78 is 42.0. The molecule has 1 atom stereocenters. The molecule has 9 heteroatoms. The summed E-state index contributed by atoms with van der Waals surface area (Å²) in [5, 5.41) is 0.571. The van der Waals surface area contributed by atoms with E-state index >= 15 is 0 Å². The van der Waals surface area contributed by atoms with Crippen molar-refractivity contribution in [3.63, 3.8) is 0 Å². The first-order valence-electron chi connectivity index (χ1n) is 12.4. The third-order valence-electron chi connectivity index (χ3n) is 6.73. The Bertz CT molecular complexity index is 1580. The van der Waals surface area contributed by atoms with Crippen LogP contribution in [0.15, 0.2) is 84.9 Å². The maximum atomic E-state index is 12.0. The summed E-state index contributed by atoms with van der Waals surface area (Å²) in [6.45, 7) is 2.51. The molecule has 0 fully saturated rings. The quantitative estimate of drug-likeness (QED) is 0.242. The van der Waals surface area contributed by atoms with Crippen LogP contribution in [-0.4, -0.2) is 21.2 Å². The molecule has 194 valence electrons. The molecule has 38 heavy (non-hydrogen) atoms. The molecule has 0 aromatic heterocycles. The van der Waals surface area contributed by atoms with E-state index in [1.165, 1.54) is 0 Å². The fraction of sp³-hybridized carbons (Fsp3) is 0.172. The smallest absolute Gasteiger partial charge is 0.259 e. The highest BCUT2D eigenvalue weighted by atomic mass is 35.5. The normalized spacial score (nSPS) is 14.1. The fourth-order valence-corrected chi connectivity index (χ4v) is 5.67. The number of halogens is 1. The van der Waals surface area contributed by atoms with E-state index in [1.807, 2.05) is 83.8 Å². The maximum absolute atomic E-state index is 12.0. The largest absolute Gasteiger partial charge is 0.453 e. The van der Waals surface area contributed by atoms with Crippen molar-refractivity contribution in [1.82, 2.24) is 0 Å². The molecule has 0 N–H and O–H groups in total. The SMILES string of the molecule is CCc1cccc2c1N(C(CCN1c3ccccc3Oc3cc(Cl)ccc31)O[SH](=O)=O)c1ccccc1O2. The molecular weight excluding hydrogens is 524 g/mol. The van der Waals surface area contributed by atoms with Gasteiger partial charge in [-0.2, -0.15) is 0 Å². The van der Waals surface area contributed by atoms with E-state index in [-0.39, 0.29) is 0 Å². The highest BCUT2D eigenvalue weighted by molar-refractivity contribution is 7.67. The highest BCUT2D eigenvalue weighted by Gasteiger charge is 2.34. The highest BCUT2D eigenvalue weighted by Crippen LogP contribution is 2.51. The Labute approximate surface area is 227 Å². The molecule has 0 bridgehead atoms. The first-order chi connectivity index (χ1) is 18.5. The van der Waals surface area contributed by atoms with Gasteiger partial charge in [-0.1, -0.05) is 54.9 Å². The minimum Gasteiger partial charge on any atom is -0.453 e. The first-order valence-corrected chi connectivity index (χ1v) is 13.8. The third kappa shape index (κ3) is 4.45. The zero-order chi connectivity index (χ0) is 26.2. The van der Waals surface area contributed by atoms with Gasteiger partial charge in [0.1, 0.15) is 0 Å². The van der Waals surface area contributed by atoms with Crippen LogP contribution in [0.3, 0.4) is 0 Å². The average molecular weight is 549 g/mol. The Balaban J connectivity index is 1.42. The summed E-state index contributed by atoms with van der Waals surface area (Å²) in [5.41, 5.74) is 4.31. The van der Waals surface area contributed by atoms with E-state index in [0.717, 1.165) is 34.7 Å². The second-order valence-corrected chi connectivity index (χ2v) is 10.1. The lowest BCUT2D eigenvalue weighted by atomic mass is 10.0. The van der Waals surface area contributed by atoms with Gasteiger partial charge in [-0.05, 0) is 54.4 Å². The molecule has 1 unspecified atom stereocenters. The van der Waals surface area contributed by atoms with Gasteiger partial charge in [-0.25, -0.2) is 12.6 Å². The summed E-state index contributed by atoms with van der Waals surface area (Å²) >= 11 is 6.26. The molecule has 6 rings (SSSR count). The number of rotatable bonds is 7. The van der Waals surface area contributed by atoms with Gasteiger partial charge in [0.25, 0.3) is 11.0 Å². The number of hydrogen-bond acceptors (Lipinski definition) is 7. The molecule has 0 spiro atoms. The third-order valence-corrected chi connectivity index (χ3v) is 7.38. The molecule has 0 radical (unpaired) electrons. The summed E-state index contributed by atoms with van der Waals surface area (Å²) in [6, 6.07) is 26.7. The van der Waals surface area contributed by atoms with Crippen molar-refractivity contribution >= 4 is 45.3 Å². The fourth-order valence-electron chi connectivity index (χ4n) is 5.11. The van der Waals surface area contributed by atoms with Gasteiger partial charge >= 0.3 is 0 Å². The van der Waals surface area contributed by atoms with Crippen molar-refractivity contribution in [1.29, 1.82) is 0 Å². The topological polar surface area (TPSA) is 68.3 Å². The number of benzene rings is 4. The molecule has 2 heterocycles. The van der Waals surface area contributed by atoms with Crippen LogP contribution in [0, 0.1) is 0 Å². The number of anilines is 4. The molecule has 0 saturated heterocycles. The predicted molar refractivity (Wildman–Crippen MR) is 149 cm³/mol. The monoisotopic (exact) mass is 548 g/mol. The van der Waals surface area contributed by atoms with Crippen LogP contribution in [0.4, 0.5) is 22.7 Å². The van der Waals surface area contributed by atoms with Crippen LogP contribution in [0.2, 0.25) is 5.02 Å². The van der Waals surface area contributed by atoms with Gasteiger partial charge in [0.15, 0.2) is 29.2 Å². The van der Waals surface area contributed by atoms with E-state index in [2.05, 4.69) is 11.8 Å². The average Bonchev–Trinajstić information content (AvgIpc) is 2.92. The zero-order valence-corrected chi connectivity index (χ0v) is 22.2. The molecule has 0 aliphatic carbocycles. The van der Waals surface area contributed by atoms with E-state index in [0.29, 0.717) is 41.0 Å². The standard InChI is InChI=1S/C29H25ClN2O5S/c1-2-19-8-7-13-26-29(19)32(23-10-4-6-12-25(23)35-26)28(37-38(33)34)16-17-31-21-9-3-5-11-24(21)36-27-18-20(30)14-15-22(27)31/h3-15,18,28,38H,2,16-17H2,1H3. The Hall–Kier alpha value is -3.72. The Morgan fingerprint density at radius 2 is 1.47 bits per heavy atom. The van der Waals surface area contributed by atoms with Crippen molar-refractivity contribution in [3.05, 3.63) is 95.5 Å². The molecule has 4 aromatic carbocycles. The summed E-state index contributed by atoms with van der Waals surface area (Å²) in [5.74, 6) is 2.64. The number of fused-ring (bicyclic) bond motifs is 4. The van der Waals surface area contributed by atoms with Crippen molar-refractivity contribution in [2.24, 2.45) is 0 Å². The number of para-hydroxylation sites is 5. The second kappa shape index (κ2) is 10.2. The molecule has 7 nitrogen and oxygen atoms in total. The van der Waals surface area contributed by atoms with Crippen LogP contribution in [0.5, 0.6) is 23.0 Å². The Kier molecular flexibility index (Phi) is 6.61. The van der Waals surface area contributed by atoms with Gasteiger partial charge in [0.05, 0.1) is 22.7 Å². The van der Waals surface area contributed by atoms with Crippen molar-refractivity contribution in [2.75, 3.05) is 16.3 Å². The van der Waals surface area contributed by atoms with Gasteiger partial charge in [0.2, 0.25) is 0 Å². The van der Waals surface area contributed by atoms with Crippen molar-refractivity contribution < 1.29 is 22.1 Å². The van der Waals surface area contributed by atoms with E-state index in [4.69, 9.17) is 25.3 Å². The van der Waals surface area contributed by atoms with Gasteiger partial charge in [-0.3, -0.25) is 0 Å². The van der Waals surface area contributed by atoms with E-state index < -0.39 is 17.2 Å². The zero-order valence-electron chi connectivity index (χ0n) is 20.5. The van der Waals surface area contributed by atoms with Gasteiger partial charge < -0.3 is 19.3 Å². The second-order valence-electron chi connectivity index (χ2n) is 8.96. The maximum Gasteiger partial charge on any atom is 0.259 e. The molecular formula is C29H25ClN2O5S. The molecule has 0 amide bonds. The van der Waals surface area contributed by atoms with Crippen molar-refractivity contribution in [2.45, 2.75) is 26.0 Å². The minimum atomic E-state index is -3.14. The summed E-state index contributed by atoms with van der Waals surface area (Å²) in [6.07, 6.45) is 0.274. The van der Waals surface area contributed by atoms with Crippen LogP contribution < -0.4 is 19.3 Å². The predicted octanol–water partition coefficient (Wildman–Crippen LogP) is 7.35. The van der Waals surface area contributed by atoms with Crippen LogP contribution in [-0.2, 0) is 21.6 Å². The van der Waals surface area contributed by atoms with E-state index in [1.54, 1.807) is 6.07 Å². The Morgan fingerprint density at radius 1 is 0.816 bits per heavy atom. The van der Waals surface area contributed by atoms with Crippen LogP contribution >= 0.6 is 11.6 Å². The molecule has 2 aliphatic heterocycles. The van der Waals surface area contributed by atoms with Crippen molar-refractivity contribution in [3.8, 4) is 23.0 Å². The molecule has 4 aromatic rings. The molecule has 2 aliphatic rings. The number of ether oxygens (including phenoxy) is 2. The molecule has 0 saturated carbocycles. The van der Waals surface area contributed by atoms with Gasteiger partial charge in [-0.15, -0.1) is 0 Å². The Morgan fingerprint density at radius 3 is 2.24 bits per heavy atom. The number of aryl methyl sites for hydroxylation is 1. The summed E-state index contributed by atoms with van der Waals surface area (Å²) in [4.78, 5) is 4.06. The minimum absolute atomic E-state index is 0.353. The number of hydrogen-bond donors (Lipinski definition) is 1. The van der Waals surface area contributed by atoms with Gasteiger partial charge in [0, 0.05) is 24.1 Å².